The Morgan fingerprint density at radius 3 is 2.65 bits per heavy atom. The van der Waals surface area contributed by atoms with Crippen molar-refractivity contribution >= 4 is 5.82 Å². The molecule has 1 aromatic rings. The number of alkyl halides is 3. The van der Waals surface area contributed by atoms with Gasteiger partial charge in [-0.3, -0.25) is 0 Å². The van der Waals surface area contributed by atoms with Crippen molar-refractivity contribution < 1.29 is 18.3 Å². The number of hydrogen-bond acceptors (Lipinski definition) is 4. The van der Waals surface area contributed by atoms with Crippen LogP contribution in [0.2, 0.25) is 0 Å². The average molecular weight is 331 g/mol. The average Bonchev–Trinajstić information content (AvgIpc) is 2.53. The van der Waals surface area contributed by atoms with E-state index in [0.29, 0.717) is 18.9 Å². The second-order valence-electron chi connectivity index (χ2n) is 6.89. The Bertz CT molecular complexity index is 502. The largest absolute Gasteiger partial charge is 0.417 e. The third-order valence-electron chi connectivity index (χ3n) is 4.12. The molecule has 23 heavy (non-hydrogen) atoms. The molecule has 0 saturated carbocycles. The van der Waals surface area contributed by atoms with Crippen LogP contribution in [-0.4, -0.2) is 42.4 Å². The number of aromatic nitrogens is 1. The van der Waals surface area contributed by atoms with Crippen LogP contribution in [-0.2, 0) is 6.18 Å². The van der Waals surface area contributed by atoms with Crippen LogP contribution < -0.4 is 10.2 Å². The van der Waals surface area contributed by atoms with E-state index in [4.69, 9.17) is 0 Å². The van der Waals surface area contributed by atoms with Gasteiger partial charge in [-0.25, -0.2) is 4.98 Å². The zero-order valence-electron chi connectivity index (χ0n) is 13.5. The second kappa shape index (κ2) is 7.05. The molecule has 0 amide bonds. The Hall–Kier alpha value is -1.34. The van der Waals surface area contributed by atoms with Crippen molar-refractivity contribution in [3.63, 3.8) is 0 Å². The smallest absolute Gasteiger partial charge is 0.396 e. The minimum absolute atomic E-state index is 0.108. The lowest BCUT2D eigenvalue weighted by Crippen LogP contribution is -2.48. The number of hydrogen-bond donors (Lipinski definition) is 2. The number of aliphatic hydroxyl groups is 1. The summed E-state index contributed by atoms with van der Waals surface area (Å²) < 4.78 is 37.8. The van der Waals surface area contributed by atoms with Crippen LogP contribution in [0.1, 0.15) is 32.3 Å². The van der Waals surface area contributed by atoms with Gasteiger partial charge in [0.1, 0.15) is 5.82 Å². The zero-order chi connectivity index (χ0) is 17.1. The van der Waals surface area contributed by atoms with Gasteiger partial charge in [-0.05, 0) is 25.0 Å². The van der Waals surface area contributed by atoms with Gasteiger partial charge in [0.15, 0.2) is 0 Å². The summed E-state index contributed by atoms with van der Waals surface area (Å²) in [5.74, 6) is 0.575. The van der Waals surface area contributed by atoms with Crippen LogP contribution in [0.3, 0.4) is 0 Å². The minimum atomic E-state index is -4.35. The van der Waals surface area contributed by atoms with E-state index in [1.54, 1.807) is 0 Å². The summed E-state index contributed by atoms with van der Waals surface area (Å²) in [6, 6.07) is 2.76. The van der Waals surface area contributed by atoms with E-state index in [2.05, 4.69) is 10.3 Å². The maximum Gasteiger partial charge on any atom is 0.417 e. The van der Waals surface area contributed by atoms with Gasteiger partial charge >= 0.3 is 6.18 Å². The molecular weight excluding hydrogens is 307 g/mol. The third kappa shape index (κ3) is 5.07. The summed E-state index contributed by atoms with van der Waals surface area (Å²) in [4.78, 5) is 5.97. The Morgan fingerprint density at radius 1 is 1.35 bits per heavy atom. The lowest BCUT2D eigenvalue weighted by Gasteiger charge is -2.35. The zero-order valence-corrected chi connectivity index (χ0v) is 13.5. The molecule has 1 aromatic heterocycles. The van der Waals surface area contributed by atoms with Crippen molar-refractivity contribution in [2.24, 2.45) is 5.41 Å². The van der Waals surface area contributed by atoms with Gasteiger partial charge in [-0.15, -0.1) is 0 Å². The first-order valence-corrected chi connectivity index (χ1v) is 7.84. The van der Waals surface area contributed by atoms with Crippen LogP contribution in [0.15, 0.2) is 18.3 Å². The number of nitrogens with zero attached hydrogens (tertiary/aromatic N) is 2. The van der Waals surface area contributed by atoms with Crippen LogP contribution in [0.5, 0.6) is 0 Å². The number of piperidine rings is 1. The monoisotopic (exact) mass is 331 g/mol. The standard InChI is InChI=1S/C16H24F3N3O/c1-15(2,11-23)10-21-13-4-3-7-22(9-13)14-6-5-12(8-20-14)16(17,18)19/h5-6,8,13,21,23H,3-4,7,9-11H2,1-2H3. The quantitative estimate of drug-likeness (QED) is 0.871. The predicted molar refractivity (Wildman–Crippen MR) is 83.3 cm³/mol. The highest BCUT2D eigenvalue weighted by molar-refractivity contribution is 5.40. The second-order valence-corrected chi connectivity index (χ2v) is 6.89. The maximum absolute atomic E-state index is 12.6. The Labute approximate surface area is 134 Å². The number of nitrogens with one attached hydrogen (secondary N) is 1. The van der Waals surface area contributed by atoms with Gasteiger partial charge < -0.3 is 15.3 Å². The molecule has 1 atom stereocenters. The summed E-state index contributed by atoms with van der Waals surface area (Å²) in [6.07, 6.45) is -1.49. The molecule has 2 rings (SSSR count). The Kier molecular flexibility index (Phi) is 5.52. The van der Waals surface area contributed by atoms with Crippen LogP contribution in [0.25, 0.3) is 0 Å². The summed E-state index contributed by atoms with van der Waals surface area (Å²) in [7, 11) is 0. The molecule has 0 bridgehead atoms. The lowest BCUT2D eigenvalue weighted by molar-refractivity contribution is -0.137. The molecule has 1 saturated heterocycles. The molecule has 1 aliphatic rings. The first-order chi connectivity index (χ1) is 10.7. The number of halogens is 3. The Balaban J connectivity index is 1.95. The SMILES string of the molecule is CC(C)(CO)CNC1CCCN(c2ccc(C(F)(F)F)cn2)C1. The molecule has 130 valence electrons. The highest BCUT2D eigenvalue weighted by Crippen LogP contribution is 2.29. The fourth-order valence-corrected chi connectivity index (χ4v) is 2.57. The summed E-state index contributed by atoms with van der Waals surface area (Å²) in [5.41, 5.74) is -0.910. The molecule has 0 aliphatic carbocycles. The summed E-state index contributed by atoms with van der Waals surface area (Å²) in [6.45, 7) is 6.27. The van der Waals surface area contributed by atoms with E-state index in [-0.39, 0.29) is 18.1 Å². The van der Waals surface area contributed by atoms with Crippen molar-refractivity contribution in [1.29, 1.82) is 0 Å². The van der Waals surface area contributed by atoms with E-state index in [1.165, 1.54) is 6.07 Å². The van der Waals surface area contributed by atoms with Gasteiger partial charge in [0.2, 0.25) is 0 Å². The number of pyridine rings is 1. The first-order valence-electron chi connectivity index (χ1n) is 7.84. The van der Waals surface area contributed by atoms with Crippen LogP contribution in [0.4, 0.5) is 19.0 Å². The van der Waals surface area contributed by atoms with Crippen molar-refractivity contribution in [3.8, 4) is 0 Å². The molecule has 0 radical (unpaired) electrons. The predicted octanol–water partition coefficient (Wildman–Crippen LogP) is 2.68. The van der Waals surface area contributed by atoms with Crippen molar-refractivity contribution in [2.75, 3.05) is 31.1 Å². The molecule has 4 nitrogen and oxygen atoms in total. The summed E-state index contributed by atoms with van der Waals surface area (Å²) >= 11 is 0. The van der Waals surface area contributed by atoms with Crippen LogP contribution >= 0.6 is 0 Å². The highest BCUT2D eigenvalue weighted by atomic mass is 19.4. The Morgan fingerprint density at radius 2 is 2.09 bits per heavy atom. The minimum Gasteiger partial charge on any atom is -0.396 e. The molecule has 2 N–H and O–H groups in total. The maximum atomic E-state index is 12.6. The van der Waals surface area contributed by atoms with Gasteiger partial charge in [0, 0.05) is 43.9 Å². The van der Waals surface area contributed by atoms with Gasteiger partial charge in [0.05, 0.1) is 5.56 Å². The highest BCUT2D eigenvalue weighted by Gasteiger charge is 2.31. The van der Waals surface area contributed by atoms with E-state index < -0.39 is 11.7 Å². The topological polar surface area (TPSA) is 48.4 Å². The molecule has 1 aliphatic heterocycles. The fraction of sp³-hybridized carbons (Fsp3) is 0.688. The van der Waals surface area contributed by atoms with E-state index in [0.717, 1.165) is 31.6 Å². The third-order valence-corrected chi connectivity index (χ3v) is 4.12. The number of aliphatic hydroxyl groups excluding tert-OH is 1. The number of rotatable bonds is 5. The van der Waals surface area contributed by atoms with Gasteiger partial charge in [-0.1, -0.05) is 13.8 Å². The lowest BCUT2D eigenvalue weighted by atomic mass is 9.94. The van der Waals surface area contributed by atoms with Crippen molar-refractivity contribution in [3.05, 3.63) is 23.9 Å². The molecule has 2 heterocycles. The summed E-state index contributed by atoms with van der Waals surface area (Å²) in [5, 5.41) is 12.7. The molecular formula is C16H24F3N3O. The fourth-order valence-electron chi connectivity index (χ4n) is 2.57. The molecule has 0 spiro atoms. The molecule has 1 fully saturated rings. The van der Waals surface area contributed by atoms with Crippen molar-refractivity contribution in [1.82, 2.24) is 10.3 Å². The van der Waals surface area contributed by atoms with E-state index in [9.17, 15) is 18.3 Å². The van der Waals surface area contributed by atoms with Crippen molar-refractivity contribution in [2.45, 2.75) is 38.9 Å². The normalized spacial score (nSPS) is 19.9. The van der Waals surface area contributed by atoms with Gasteiger partial charge in [-0.2, -0.15) is 13.2 Å². The number of anilines is 1. The molecule has 1 unspecified atom stereocenters. The first kappa shape index (κ1) is 18.0. The molecule has 0 aromatic carbocycles. The van der Waals surface area contributed by atoms with E-state index in [1.807, 2.05) is 18.7 Å². The van der Waals surface area contributed by atoms with Gasteiger partial charge in [0.25, 0.3) is 0 Å². The van der Waals surface area contributed by atoms with E-state index >= 15 is 0 Å². The molecule has 7 heteroatoms. The van der Waals surface area contributed by atoms with Crippen LogP contribution in [0, 0.1) is 5.41 Å².